The predicted molar refractivity (Wildman–Crippen MR) is 92.1 cm³/mol. The first-order valence-electron chi connectivity index (χ1n) is 8.94. The van der Waals surface area contributed by atoms with Gasteiger partial charge >= 0.3 is 0 Å². The van der Waals surface area contributed by atoms with Gasteiger partial charge in [-0.1, -0.05) is 52.0 Å². The summed E-state index contributed by atoms with van der Waals surface area (Å²) in [4.78, 5) is 0. The maximum Gasteiger partial charge on any atom is 0.115 e. The summed E-state index contributed by atoms with van der Waals surface area (Å²) in [6.07, 6.45) is 14.3. The number of hydrogen-bond acceptors (Lipinski definition) is 2. The van der Waals surface area contributed by atoms with Crippen molar-refractivity contribution < 1.29 is 4.74 Å². The van der Waals surface area contributed by atoms with Gasteiger partial charge in [0.15, 0.2) is 0 Å². The third kappa shape index (κ3) is 7.17. The fraction of sp³-hybridized carbons (Fsp3) is 0.789. The second-order valence-corrected chi connectivity index (χ2v) is 6.44. The zero-order chi connectivity index (χ0) is 15.5. The van der Waals surface area contributed by atoms with E-state index in [4.69, 9.17) is 10.5 Å². The molecule has 0 aromatic carbocycles. The van der Waals surface area contributed by atoms with E-state index in [2.05, 4.69) is 32.9 Å². The molecular weight excluding hydrogens is 258 g/mol. The Morgan fingerprint density at radius 3 is 2.57 bits per heavy atom. The van der Waals surface area contributed by atoms with Crippen LogP contribution in [-0.4, -0.2) is 13.2 Å². The zero-order valence-electron chi connectivity index (χ0n) is 14.4. The van der Waals surface area contributed by atoms with E-state index in [0.717, 1.165) is 44.1 Å². The van der Waals surface area contributed by atoms with Crippen LogP contribution >= 0.6 is 0 Å². The Labute approximate surface area is 131 Å². The smallest absolute Gasteiger partial charge is 0.115 e. The Hall–Kier alpha value is -0.760. The van der Waals surface area contributed by atoms with Gasteiger partial charge in [-0.2, -0.15) is 0 Å². The van der Waals surface area contributed by atoms with Gasteiger partial charge in [-0.3, -0.25) is 0 Å². The predicted octanol–water partition coefficient (Wildman–Crippen LogP) is 5.20. The first-order chi connectivity index (χ1) is 10.2. The molecule has 0 radical (unpaired) electrons. The minimum Gasteiger partial charge on any atom is -0.494 e. The maximum atomic E-state index is 6.02. The molecule has 0 heterocycles. The molecule has 0 amide bonds. The van der Waals surface area contributed by atoms with E-state index in [1.165, 1.54) is 37.7 Å². The summed E-state index contributed by atoms with van der Waals surface area (Å²) < 4.78 is 6.02. The molecule has 2 heteroatoms. The van der Waals surface area contributed by atoms with Crippen LogP contribution in [0.2, 0.25) is 0 Å². The summed E-state index contributed by atoms with van der Waals surface area (Å²) in [7, 11) is 0. The molecule has 0 aromatic rings. The summed E-state index contributed by atoms with van der Waals surface area (Å²) in [5, 5.41) is 0. The van der Waals surface area contributed by atoms with E-state index in [0.29, 0.717) is 5.92 Å². The van der Waals surface area contributed by atoms with Gasteiger partial charge in [0, 0.05) is 0 Å². The number of allylic oxidation sites excluding steroid dienone is 3. The van der Waals surface area contributed by atoms with Gasteiger partial charge in [-0.25, -0.2) is 0 Å². The van der Waals surface area contributed by atoms with Crippen molar-refractivity contribution >= 4 is 0 Å². The van der Waals surface area contributed by atoms with Crippen LogP contribution < -0.4 is 5.73 Å². The van der Waals surface area contributed by atoms with Crippen LogP contribution in [0.1, 0.15) is 72.1 Å². The highest BCUT2D eigenvalue weighted by molar-refractivity contribution is 5.25. The van der Waals surface area contributed by atoms with Crippen LogP contribution in [0.15, 0.2) is 23.5 Å². The Morgan fingerprint density at radius 1 is 1.24 bits per heavy atom. The summed E-state index contributed by atoms with van der Waals surface area (Å²) in [6, 6.07) is 0. The molecule has 122 valence electrons. The normalized spacial score (nSPS) is 18.6. The molecule has 2 nitrogen and oxygen atoms in total. The van der Waals surface area contributed by atoms with E-state index in [9.17, 15) is 0 Å². The van der Waals surface area contributed by atoms with Crippen molar-refractivity contribution in [2.45, 2.75) is 72.1 Å². The largest absolute Gasteiger partial charge is 0.494 e. The number of ether oxygens (including phenoxy) is 1. The van der Waals surface area contributed by atoms with Crippen molar-refractivity contribution in [3.8, 4) is 0 Å². The van der Waals surface area contributed by atoms with Gasteiger partial charge in [0.25, 0.3) is 0 Å². The third-order valence-electron chi connectivity index (χ3n) is 4.49. The van der Waals surface area contributed by atoms with Gasteiger partial charge in [0.05, 0.1) is 6.61 Å². The molecule has 0 aliphatic heterocycles. The molecule has 0 bridgehead atoms. The van der Waals surface area contributed by atoms with Crippen molar-refractivity contribution in [1.82, 2.24) is 0 Å². The Morgan fingerprint density at radius 2 is 1.95 bits per heavy atom. The summed E-state index contributed by atoms with van der Waals surface area (Å²) in [5.74, 6) is 2.58. The molecule has 21 heavy (non-hydrogen) atoms. The zero-order valence-corrected chi connectivity index (χ0v) is 14.4. The average Bonchev–Trinajstić information content (AvgIpc) is 2.48. The summed E-state index contributed by atoms with van der Waals surface area (Å²) >= 11 is 0. The quantitative estimate of drug-likeness (QED) is 0.568. The molecule has 0 fully saturated rings. The van der Waals surface area contributed by atoms with Crippen LogP contribution in [0.25, 0.3) is 0 Å². The maximum absolute atomic E-state index is 6.02. The molecule has 1 atom stereocenters. The fourth-order valence-electron chi connectivity index (χ4n) is 3.15. The van der Waals surface area contributed by atoms with E-state index in [1.54, 1.807) is 0 Å². The highest BCUT2D eigenvalue weighted by Gasteiger charge is 2.14. The van der Waals surface area contributed by atoms with Crippen LogP contribution in [0.4, 0.5) is 0 Å². The summed E-state index contributed by atoms with van der Waals surface area (Å²) in [6.45, 7) is 8.50. The monoisotopic (exact) mass is 293 g/mol. The molecule has 1 aliphatic carbocycles. The lowest BCUT2D eigenvalue weighted by Gasteiger charge is -2.22. The van der Waals surface area contributed by atoms with Crippen molar-refractivity contribution in [3.63, 3.8) is 0 Å². The molecule has 0 saturated carbocycles. The highest BCUT2D eigenvalue weighted by Crippen LogP contribution is 2.28. The molecule has 1 unspecified atom stereocenters. The molecule has 1 rings (SSSR count). The molecule has 0 spiro atoms. The minimum atomic E-state index is 0.650. The molecule has 2 N–H and O–H groups in total. The van der Waals surface area contributed by atoms with Crippen molar-refractivity contribution in [2.75, 3.05) is 13.2 Å². The molecular formula is C19H35NO. The highest BCUT2D eigenvalue weighted by atomic mass is 16.5. The van der Waals surface area contributed by atoms with E-state index >= 15 is 0 Å². The first kappa shape index (κ1) is 18.3. The van der Waals surface area contributed by atoms with Crippen LogP contribution in [-0.2, 0) is 4.74 Å². The Kier molecular flexibility index (Phi) is 9.49. The van der Waals surface area contributed by atoms with Crippen molar-refractivity contribution in [1.29, 1.82) is 0 Å². The molecule has 1 aliphatic rings. The molecule has 0 aromatic heterocycles. The lowest BCUT2D eigenvalue weighted by atomic mass is 9.89. The van der Waals surface area contributed by atoms with Crippen molar-refractivity contribution in [3.05, 3.63) is 23.5 Å². The fourth-order valence-corrected chi connectivity index (χ4v) is 3.15. The second kappa shape index (κ2) is 10.9. The number of hydrogen-bond donors (Lipinski definition) is 1. The van der Waals surface area contributed by atoms with Gasteiger partial charge < -0.3 is 10.5 Å². The number of nitrogens with two attached hydrogens (primary N) is 1. The Bertz CT molecular complexity index is 326. The van der Waals surface area contributed by atoms with Crippen LogP contribution in [0, 0.1) is 11.8 Å². The summed E-state index contributed by atoms with van der Waals surface area (Å²) in [5.41, 5.74) is 7.13. The van der Waals surface area contributed by atoms with E-state index < -0.39 is 0 Å². The van der Waals surface area contributed by atoms with Gasteiger partial charge in [-0.15, -0.1) is 0 Å². The van der Waals surface area contributed by atoms with Crippen LogP contribution in [0.5, 0.6) is 0 Å². The average molecular weight is 293 g/mol. The van der Waals surface area contributed by atoms with Gasteiger partial charge in [0.2, 0.25) is 0 Å². The standard InChI is InChI=1S/C19H35NO/c1-4-7-17(8-5-2)12-14-21-19-11-10-16(3)18(15-19)9-6-13-20/h11,15-17H,4-10,12-14,20H2,1-3H3. The second-order valence-electron chi connectivity index (χ2n) is 6.44. The molecule has 0 saturated heterocycles. The SMILES string of the molecule is CCCC(CCC)CCOC1=CCC(C)C(CCCN)=C1. The topological polar surface area (TPSA) is 35.2 Å². The third-order valence-corrected chi connectivity index (χ3v) is 4.49. The minimum absolute atomic E-state index is 0.650. The first-order valence-corrected chi connectivity index (χ1v) is 8.94. The van der Waals surface area contributed by atoms with E-state index in [1.807, 2.05) is 0 Å². The number of rotatable bonds is 11. The van der Waals surface area contributed by atoms with Crippen molar-refractivity contribution in [2.24, 2.45) is 17.6 Å². The lowest BCUT2D eigenvalue weighted by molar-refractivity contribution is 0.190. The Balaban J connectivity index is 2.38. The van der Waals surface area contributed by atoms with Gasteiger partial charge in [-0.05, 0) is 56.2 Å². The van der Waals surface area contributed by atoms with Gasteiger partial charge in [0.1, 0.15) is 5.76 Å². The van der Waals surface area contributed by atoms with Crippen LogP contribution in [0.3, 0.4) is 0 Å². The van der Waals surface area contributed by atoms with E-state index in [-0.39, 0.29) is 0 Å². The lowest BCUT2D eigenvalue weighted by Crippen LogP contribution is -2.10.